The van der Waals surface area contributed by atoms with Crippen LogP contribution >= 0.6 is 24.8 Å². The summed E-state index contributed by atoms with van der Waals surface area (Å²) in [6, 6.07) is 10.6. The van der Waals surface area contributed by atoms with Crippen LogP contribution in [0.25, 0.3) is 27.8 Å². The standard InChI is InChI=1S/C21H22N6.2ClH/c1-13-9-20(26-27-12-14(2)23-21(13)27)17-4-3-16-10-18(24-25-19(16)11-17)15-5-7-22-8-6-15;;/h3-4,9-12,15,22H,5-8H2,1-2H3;2*1H. The van der Waals surface area contributed by atoms with Gasteiger partial charge in [-0.2, -0.15) is 15.3 Å². The number of hydrogen-bond acceptors (Lipinski definition) is 5. The fraction of sp³-hybridized carbons (Fsp3) is 0.333. The van der Waals surface area contributed by atoms with E-state index in [9.17, 15) is 0 Å². The van der Waals surface area contributed by atoms with Crippen molar-refractivity contribution in [3.05, 3.63) is 53.5 Å². The van der Waals surface area contributed by atoms with Gasteiger partial charge < -0.3 is 5.32 Å². The van der Waals surface area contributed by atoms with Crippen molar-refractivity contribution in [3.8, 4) is 11.3 Å². The van der Waals surface area contributed by atoms with E-state index >= 15 is 0 Å². The number of hydrogen-bond donors (Lipinski definition) is 1. The first-order valence-electron chi connectivity index (χ1n) is 9.49. The number of aromatic nitrogens is 5. The lowest BCUT2D eigenvalue weighted by Crippen LogP contribution is -2.27. The molecule has 1 fully saturated rings. The number of nitrogens with zero attached hydrogens (tertiary/aromatic N) is 5. The third-order valence-corrected chi connectivity index (χ3v) is 5.39. The molecule has 1 saturated heterocycles. The van der Waals surface area contributed by atoms with E-state index in [1.54, 1.807) is 0 Å². The second kappa shape index (κ2) is 8.61. The molecule has 8 heteroatoms. The highest BCUT2D eigenvalue weighted by molar-refractivity contribution is 5.86. The third-order valence-electron chi connectivity index (χ3n) is 5.39. The molecule has 4 heterocycles. The Morgan fingerprint density at radius 1 is 1.00 bits per heavy atom. The molecule has 0 aliphatic carbocycles. The van der Waals surface area contributed by atoms with E-state index < -0.39 is 0 Å². The Morgan fingerprint density at radius 3 is 2.59 bits per heavy atom. The van der Waals surface area contributed by atoms with Gasteiger partial charge in [-0.3, -0.25) is 0 Å². The first-order valence-corrected chi connectivity index (χ1v) is 9.49. The smallest absolute Gasteiger partial charge is 0.156 e. The molecule has 0 amide bonds. The van der Waals surface area contributed by atoms with Gasteiger partial charge >= 0.3 is 0 Å². The fourth-order valence-corrected chi connectivity index (χ4v) is 3.91. The quantitative estimate of drug-likeness (QED) is 0.514. The molecule has 29 heavy (non-hydrogen) atoms. The summed E-state index contributed by atoms with van der Waals surface area (Å²) in [5.41, 5.74) is 6.97. The molecule has 6 nitrogen and oxygen atoms in total. The summed E-state index contributed by atoms with van der Waals surface area (Å²) >= 11 is 0. The minimum Gasteiger partial charge on any atom is -0.317 e. The molecule has 1 N–H and O–H groups in total. The molecular weight excluding hydrogens is 407 g/mol. The number of rotatable bonds is 2. The van der Waals surface area contributed by atoms with E-state index in [1.165, 1.54) is 0 Å². The molecule has 1 aliphatic rings. The van der Waals surface area contributed by atoms with Crippen molar-refractivity contribution in [1.29, 1.82) is 0 Å². The lowest BCUT2D eigenvalue weighted by atomic mass is 9.93. The first-order chi connectivity index (χ1) is 13.2. The van der Waals surface area contributed by atoms with Crippen LogP contribution in [0, 0.1) is 13.8 Å². The minimum absolute atomic E-state index is 0. The van der Waals surface area contributed by atoms with Crippen molar-refractivity contribution >= 4 is 41.4 Å². The molecule has 0 radical (unpaired) electrons. The van der Waals surface area contributed by atoms with Gasteiger partial charge in [-0.25, -0.2) is 9.50 Å². The summed E-state index contributed by atoms with van der Waals surface area (Å²) in [5.74, 6) is 0.513. The van der Waals surface area contributed by atoms with Crippen molar-refractivity contribution in [2.75, 3.05) is 13.1 Å². The van der Waals surface area contributed by atoms with Gasteiger partial charge in [-0.05, 0) is 63.5 Å². The van der Waals surface area contributed by atoms with Gasteiger partial charge in [0.2, 0.25) is 0 Å². The number of benzene rings is 1. The number of piperidine rings is 1. The fourth-order valence-electron chi connectivity index (χ4n) is 3.91. The van der Waals surface area contributed by atoms with Crippen molar-refractivity contribution in [2.45, 2.75) is 32.6 Å². The number of halogens is 2. The highest BCUT2D eigenvalue weighted by Crippen LogP contribution is 2.27. The summed E-state index contributed by atoms with van der Waals surface area (Å²) in [7, 11) is 0. The van der Waals surface area contributed by atoms with Crippen molar-refractivity contribution in [2.24, 2.45) is 0 Å². The van der Waals surface area contributed by atoms with Crippen molar-refractivity contribution in [1.82, 2.24) is 30.1 Å². The van der Waals surface area contributed by atoms with Crippen molar-refractivity contribution < 1.29 is 0 Å². The van der Waals surface area contributed by atoms with E-state index in [0.29, 0.717) is 5.92 Å². The monoisotopic (exact) mass is 430 g/mol. The Hall–Kier alpha value is -2.28. The van der Waals surface area contributed by atoms with Crippen LogP contribution in [0.3, 0.4) is 0 Å². The van der Waals surface area contributed by atoms with Crippen LogP contribution in [0.1, 0.15) is 35.7 Å². The Labute approximate surface area is 182 Å². The zero-order chi connectivity index (χ0) is 18.4. The highest BCUT2D eigenvalue weighted by atomic mass is 35.5. The van der Waals surface area contributed by atoms with Crippen LogP contribution in [0.5, 0.6) is 0 Å². The van der Waals surface area contributed by atoms with Gasteiger partial charge in [0, 0.05) is 16.9 Å². The summed E-state index contributed by atoms with van der Waals surface area (Å²) < 4.78 is 1.86. The molecule has 0 atom stereocenters. The van der Waals surface area contributed by atoms with Gasteiger partial charge in [0.1, 0.15) is 0 Å². The van der Waals surface area contributed by atoms with Crippen LogP contribution in [-0.2, 0) is 0 Å². The molecule has 1 aliphatic heterocycles. The topological polar surface area (TPSA) is 68.0 Å². The van der Waals surface area contributed by atoms with Crippen LogP contribution in [0.2, 0.25) is 0 Å². The lowest BCUT2D eigenvalue weighted by molar-refractivity contribution is 0.451. The SMILES string of the molecule is Cc1cn2nc(-c3ccc4cc(C5CCNCC5)nnc4c3)cc(C)c2n1.Cl.Cl. The normalized spacial score (nSPS) is 14.6. The Balaban J connectivity index is 0.00000120. The predicted octanol–water partition coefficient (Wildman–Crippen LogP) is 4.27. The molecule has 4 aromatic rings. The molecule has 0 unspecified atom stereocenters. The second-order valence-electron chi connectivity index (χ2n) is 7.43. The van der Waals surface area contributed by atoms with Crippen LogP contribution in [0.15, 0.2) is 36.5 Å². The average Bonchev–Trinajstić information content (AvgIpc) is 3.09. The third kappa shape index (κ3) is 4.06. The Kier molecular flexibility index (Phi) is 6.36. The largest absolute Gasteiger partial charge is 0.317 e. The molecule has 152 valence electrons. The zero-order valence-corrected chi connectivity index (χ0v) is 18.1. The van der Waals surface area contributed by atoms with Crippen LogP contribution in [0.4, 0.5) is 0 Å². The van der Waals surface area contributed by atoms with Gasteiger partial charge in [0.15, 0.2) is 5.65 Å². The van der Waals surface area contributed by atoms with E-state index in [4.69, 9.17) is 5.10 Å². The zero-order valence-electron chi connectivity index (χ0n) is 16.4. The van der Waals surface area contributed by atoms with Gasteiger partial charge in [-0.15, -0.1) is 24.8 Å². The molecule has 5 rings (SSSR count). The summed E-state index contributed by atoms with van der Waals surface area (Å²) in [6.45, 7) is 6.17. The average molecular weight is 431 g/mol. The Morgan fingerprint density at radius 2 is 1.79 bits per heavy atom. The number of aryl methyl sites for hydroxylation is 2. The maximum absolute atomic E-state index is 4.72. The highest BCUT2D eigenvalue weighted by Gasteiger charge is 2.17. The molecule has 3 aromatic heterocycles. The molecule has 0 spiro atoms. The first kappa shape index (κ1) is 21.4. The number of fused-ring (bicyclic) bond motifs is 2. The molecule has 0 saturated carbocycles. The number of imidazole rings is 1. The summed E-state index contributed by atoms with van der Waals surface area (Å²) in [5, 5.41) is 18.3. The Bertz CT molecular complexity index is 1150. The molecular formula is C21H24Cl2N6. The van der Waals surface area contributed by atoms with E-state index in [0.717, 1.165) is 70.7 Å². The maximum atomic E-state index is 4.72. The predicted molar refractivity (Wildman–Crippen MR) is 120 cm³/mol. The van der Waals surface area contributed by atoms with Crippen LogP contribution < -0.4 is 5.32 Å². The minimum atomic E-state index is 0. The van der Waals surface area contributed by atoms with E-state index in [-0.39, 0.29) is 24.8 Å². The van der Waals surface area contributed by atoms with Gasteiger partial charge in [0.05, 0.1) is 28.8 Å². The van der Waals surface area contributed by atoms with Crippen LogP contribution in [-0.4, -0.2) is 37.9 Å². The maximum Gasteiger partial charge on any atom is 0.156 e. The summed E-state index contributed by atoms with van der Waals surface area (Å²) in [4.78, 5) is 4.53. The van der Waals surface area contributed by atoms with Gasteiger partial charge in [0.25, 0.3) is 0 Å². The van der Waals surface area contributed by atoms with E-state index in [2.05, 4.69) is 57.8 Å². The van der Waals surface area contributed by atoms with Crippen molar-refractivity contribution in [3.63, 3.8) is 0 Å². The second-order valence-corrected chi connectivity index (χ2v) is 7.43. The lowest BCUT2D eigenvalue weighted by Gasteiger charge is -2.21. The molecule has 0 bridgehead atoms. The molecule has 1 aromatic carbocycles. The summed E-state index contributed by atoms with van der Waals surface area (Å²) in [6.07, 6.45) is 4.22. The van der Waals surface area contributed by atoms with E-state index in [1.807, 2.05) is 17.6 Å². The number of nitrogens with one attached hydrogen (secondary N) is 1. The van der Waals surface area contributed by atoms with Gasteiger partial charge in [-0.1, -0.05) is 12.1 Å².